The lowest BCUT2D eigenvalue weighted by Crippen LogP contribution is -2.24. The van der Waals surface area contributed by atoms with Gasteiger partial charge in [0.2, 0.25) is 0 Å². The molecule has 0 aliphatic carbocycles. The number of nitrogens with zero attached hydrogens (tertiary/aromatic N) is 1. The highest BCUT2D eigenvalue weighted by molar-refractivity contribution is 6.03. The van der Waals surface area contributed by atoms with Crippen LogP contribution in [0.1, 0.15) is 0 Å². The van der Waals surface area contributed by atoms with Gasteiger partial charge in [0.1, 0.15) is 0 Å². The molecule has 0 fully saturated rings. The second-order valence-electron chi connectivity index (χ2n) is 5.99. The van der Waals surface area contributed by atoms with Gasteiger partial charge in [-0.25, -0.2) is 4.79 Å². The zero-order chi connectivity index (χ0) is 18.6. The van der Waals surface area contributed by atoms with Crippen LogP contribution in [-0.4, -0.2) is 12.1 Å². The number of amidine groups is 1. The van der Waals surface area contributed by atoms with Crippen molar-refractivity contribution in [2.45, 2.75) is 0 Å². The average molecular weight is 355 g/mol. The Balaban J connectivity index is 1.54. The average Bonchev–Trinajstić information content (AvgIpc) is 2.68. The Kier molecular flexibility index (Phi) is 4.41. The molecule has 0 radical (unpaired) electrons. The first-order valence-corrected chi connectivity index (χ1v) is 8.49. The summed E-state index contributed by atoms with van der Waals surface area (Å²) in [6.45, 7) is 0. The number of amides is 1. The van der Waals surface area contributed by atoms with Crippen molar-refractivity contribution < 1.29 is 9.53 Å². The molecule has 1 amide bonds. The molecule has 0 spiro atoms. The summed E-state index contributed by atoms with van der Waals surface area (Å²) in [5, 5.41) is 6.62. The molecule has 3 N–H and O–H groups in total. The van der Waals surface area contributed by atoms with Crippen molar-refractivity contribution in [1.82, 2.24) is 0 Å². The summed E-state index contributed by atoms with van der Waals surface area (Å²) >= 11 is 0. The molecule has 0 heterocycles. The molecular weight excluding hydrogens is 338 g/mol. The van der Waals surface area contributed by atoms with Crippen molar-refractivity contribution in [3.63, 3.8) is 0 Å². The van der Waals surface area contributed by atoms with E-state index in [4.69, 9.17) is 10.5 Å². The van der Waals surface area contributed by atoms with Crippen LogP contribution in [0.3, 0.4) is 0 Å². The summed E-state index contributed by atoms with van der Waals surface area (Å²) < 4.78 is 5.13. The summed E-state index contributed by atoms with van der Waals surface area (Å²) in [6, 6.07) is 26.7. The predicted octanol–water partition coefficient (Wildman–Crippen LogP) is 5.19. The lowest BCUT2D eigenvalue weighted by atomic mass is 10.1. The summed E-state index contributed by atoms with van der Waals surface area (Å²) in [7, 11) is 0. The molecule has 0 atom stereocenters. The van der Waals surface area contributed by atoms with Crippen LogP contribution < -0.4 is 11.1 Å². The molecule has 0 unspecified atom stereocenters. The van der Waals surface area contributed by atoms with Gasteiger partial charge in [0.15, 0.2) is 0 Å². The number of nitrogens with two attached hydrogens (primary N) is 1. The SMILES string of the molecule is NC(=Nc1cccc2ccccc12)OC(=O)Nc1cccc2ccccc12. The smallest absolute Gasteiger partial charge is 0.376 e. The van der Waals surface area contributed by atoms with Gasteiger partial charge in [-0.05, 0) is 22.9 Å². The van der Waals surface area contributed by atoms with Crippen LogP contribution in [0.2, 0.25) is 0 Å². The van der Waals surface area contributed by atoms with Gasteiger partial charge in [-0.2, -0.15) is 4.99 Å². The fourth-order valence-corrected chi connectivity index (χ4v) is 3.01. The van der Waals surface area contributed by atoms with Crippen LogP contribution in [0.15, 0.2) is 89.9 Å². The van der Waals surface area contributed by atoms with Gasteiger partial charge < -0.3 is 10.5 Å². The molecule has 5 nitrogen and oxygen atoms in total. The van der Waals surface area contributed by atoms with E-state index >= 15 is 0 Å². The molecule has 4 aromatic rings. The van der Waals surface area contributed by atoms with Crippen LogP contribution >= 0.6 is 0 Å². The van der Waals surface area contributed by atoms with Crippen LogP contribution in [0.25, 0.3) is 21.5 Å². The number of carbonyl (C=O) groups is 1. The Labute approximate surface area is 156 Å². The van der Waals surface area contributed by atoms with E-state index in [0.29, 0.717) is 11.4 Å². The van der Waals surface area contributed by atoms with E-state index in [0.717, 1.165) is 21.5 Å². The van der Waals surface area contributed by atoms with E-state index in [2.05, 4.69) is 10.3 Å². The van der Waals surface area contributed by atoms with Crippen molar-refractivity contribution in [3.8, 4) is 0 Å². The lowest BCUT2D eigenvalue weighted by molar-refractivity contribution is 0.211. The standard InChI is InChI=1S/C22H17N3O2/c23-21(24-19-13-5-9-15-7-1-3-11-17(15)19)27-22(26)25-20-14-6-10-16-8-2-4-12-18(16)20/h1-14H,(H2,23,24)(H,25,26). The van der Waals surface area contributed by atoms with Gasteiger partial charge in [-0.3, -0.25) is 5.32 Å². The van der Waals surface area contributed by atoms with Crippen LogP contribution in [-0.2, 0) is 4.74 Å². The van der Waals surface area contributed by atoms with Crippen molar-refractivity contribution >= 4 is 45.0 Å². The van der Waals surface area contributed by atoms with E-state index in [1.54, 1.807) is 0 Å². The summed E-state index contributed by atoms with van der Waals surface area (Å²) in [6.07, 6.45) is -0.687. The molecule has 132 valence electrons. The number of ether oxygens (including phenoxy) is 1. The third-order valence-electron chi connectivity index (χ3n) is 4.22. The fraction of sp³-hybridized carbons (Fsp3) is 0. The number of nitrogens with one attached hydrogen (secondary N) is 1. The van der Waals surface area contributed by atoms with Crippen LogP contribution in [0.5, 0.6) is 0 Å². The molecule has 5 heteroatoms. The predicted molar refractivity (Wildman–Crippen MR) is 109 cm³/mol. The molecule has 0 bridgehead atoms. The first kappa shape index (κ1) is 16.6. The number of benzene rings is 4. The normalized spacial score (nSPS) is 11.5. The number of anilines is 1. The highest BCUT2D eigenvalue weighted by Gasteiger charge is 2.09. The van der Waals surface area contributed by atoms with Gasteiger partial charge in [0.05, 0.1) is 11.4 Å². The van der Waals surface area contributed by atoms with E-state index in [1.807, 2.05) is 84.9 Å². The van der Waals surface area contributed by atoms with Gasteiger partial charge in [-0.1, -0.05) is 72.8 Å². The van der Waals surface area contributed by atoms with Crippen LogP contribution in [0.4, 0.5) is 16.2 Å². The number of rotatable bonds is 2. The molecule has 4 aromatic carbocycles. The molecule has 0 aliphatic heterocycles. The van der Waals surface area contributed by atoms with Gasteiger partial charge in [0, 0.05) is 10.8 Å². The number of aliphatic imine (C=N–C) groups is 1. The molecule has 27 heavy (non-hydrogen) atoms. The Morgan fingerprint density at radius 3 is 2.15 bits per heavy atom. The van der Waals surface area contributed by atoms with Gasteiger partial charge in [-0.15, -0.1) is 0 Å². The summed E-state index contributed by atoms with van der Waals surface area (Å²) in [4.78, 5) is 16.5. The zero-order valence-corrected chi connectivity index (χ0v) is 14.4. The summed E-state index contributed by atoms with van der Waals surface area (Å²) in [5.74, 6) is 0. The Morgan fingerprint density at radius 1 is 0.778 bits per heavy atom. The van der Waals surface area contributed by atoms with Crippen molar-refractivity contribution in [3.05, 3.63) is 84.9 Å². The number of hydrogen-bond acceptors (Lipinski definition) is 3. The molecule has 0 saturated carbocycles. The van der Waals surface area contributed by atoms with Crippen molar-refractivity contribution in [2.75, 3.05) is 5.32 Å². The maximum atomic E-state index is 12.2. The van der Waals surface area contributed by atoms with E-state index < -0.39 is 6.09 Å². The molecule has 0 aliphatic rings. The van der Waals surface area contributed by atoms with Gasteiger partial charge >= 0.3 is 6.09 Å². The van der Waals surface area contributed by atoms with Gasteiger partial charge in [0.25, 0.3) is 6.02 Å². The maximum Gasteiger partial charge on any atom is 0.419 e. The minimum Gasteiger partial charge on any atom is -0.376 e. The highest BCUT2D eigenvalue weighted by atomic mass is 16.6. The first-order chi connectivity index (χ1) is 13.2. The minimum atomic E-state index is -0.687. The number of fused-ring (bicyclic) bond motifs is 2. The third-order valence-corrected chi connectivity index (χ3v) is 4.22. The highest BCUT2D eigenvalue weighted by Crippen LogP contribution is 2.26. The maximum absolute atomic E-state index is 12.2. The number of carbonyl (C=O) groups excluding carboxylic acids is 1. The van der Waals surface area contributed by atoms with E-state index in [1.165, 1.54) is 0 Å². The molecule has 0 aromatic heterocycles. The quantitative estimate of drug-likeness (QED) is 0.384. The molecule has 0 saturated heterocycles. The minimum absolute atomic E-state index is 0.218. The summed E-state index contributed by atoms with van der Waals surface area (Å²) in [5.41, 5.74) is 7.12. The Morgan fingerprint density at radius 2 is 1.37 bits per heavy atom. The van der Waals surface area contributed by atoms with Crippen molar-refractivity contribution in [2.24, 2.45) is 10.7 Å². The monoisotopic (exact) mass is 355 g/mol. The second-order valence-corrected chi connectivity index (χ2v) is 5.99. The first-order valence-electron chi connectivity index (χ1n) is 8.49. The fourth-order valence-electron chi connectivity index (χ4n) is 3.01. The van der Waals surface area contributed by atoms with Crippen molar-refractivity contribution in [1.29, 1.82) is 0 Å². The van der Waals surface area contributed by atoms with E-state index in [9.17, 15) is 4.79 Å². The topological polar surface area (TPSA) is 76.7 Å². The molecular formula is C22H17N3O2. The Bertz CT molecular complexity index is 1160. The zero-order valence-electron chi connectivity index (χ0n) is 14.4. The third kappa shape index (κ3) is 3.57. The largest absolute Gasteiger partial charge is 0.419 e. The van der Waals surface area contributed by atoms with Crippen LogP contribution in [0, 0.1) is 0 Å². The number of hydrogen-bond donors (Lipinski definition) is 2. The second kappa shape index (κ2) is 7.17. The lowest BCUT2D eigenvalue weighted by Gasteiger charge is -2.09. The van der Waals surface area contributed by atoms with E-state index in [-0.39, 0.29) is 6.02 Å². The Hall–Kier alpha value is -3.86. The molecule has 4 rings (SSSR count).